The van der Waals surface area contributed by atoms with E-state index in [1.54, 1.807) is 46.9 Å². The molecule has 112 heavy (non-hydrogen) atoms. The lowest BCUT2D eigenvalue weighted by molar-refractivity contribution is 0.0975. The highest BCUT2D eigenvalue weighted by atomic mass is 32.1. The summed E-state index contributed by atoms with van der Waals surface area (Å²) in [5.74, 6) is -0.667. The molecule has 10 heterocycles. The molecule has 0 radical (unpaired) electrons. The number of thiophene rings is 10. The summed E-state index contributed by atoms with van der Waals surface area (Å²) in [6.45, 7) is 13.8. The van der Waals surface area contributed by atoms with Crippen LogP contribution >= 0.6 is 113 Å². The Morgan fingerprint density at radius 2 is 0.545 bits per heavy atom. The molecule has 0 atom stereocenters. The molecule has 3 aromatic carbocycles. The summed E-state index contributed by atoms with van der Waals surface area (Å²) < 4.78 is 2.79. The van der Waals surface area contributed by atoms with Crippen LogP contribution in [0.3, 0.4) is 0 Å². The lowest BCUT2D eigenvalue weighted by atomic mass is 9.99. The Morgan fingerprint density at radius 1 is 0.250 bits per heavy atom. The topological polar surface area (TPSA) is 68.3 Å². The van der Waals surface area contributed by atoms with Crippen LogP contribution in [-0.2, 0) is 38.5 Å². The van der Waals surface area contributed by atoms with Gasteiger partial charge < -0.3 is 0 Å². The molecule has 13 aromatic rings. The number of rotatable bonds is 40. The number of carbonyl (C=O) groups is 4. The zero-order valence-electron chi connectivity index (χ0n) is 65.8. The summed E-state index contributed by atoms with van der Waals surface area (Å²) in [6.07, 6.45) is 38.6. The smallest absolute Gasteiger partial charge is 0.197 e. The first kappa shape index (κ1) is 80.5. The maximum absolute atomic E-state index is 13.8. The first-order valence-corrected chi connectivity index (χ1v) is 49.8. The minimum absolute atomic E-state index is 0.167. The first-order valence-electron chi connectivity index (χ1n) is 41.7. The number of hydrogen-bond acceptors (Lipinski definition) is 14. The van der Waals surface area contributed by atoms with Gasteiger partial charge in [-0.1, -0.05) is 206 Å². The van der Waals surface area contributed by atoms with Gasteiger partial charge in [-0.3, -0.25) is 19.2 Å². The van der Waals surface area contributed by atoms with Gasteiger partial charge in [-0.15, -0.1) is 113 Å². The van der Waals surface area contributed by atoms with Crippen LogP contribution in [-0.4, -0.2) is 23.1 Å². The molecule has 2 aliphatic carbocycles. The van der Waals surface area contributed by atoms with Gasteiger partial charge in [0.1, 0.15) is 0 Å². The van der Waals surface area contributed by atoms with Gasteiger partial charge in [0.15, 0.2) is 23.1 Å². The van der Waals surface area contributed by atoms with E-state index >= 15 is 0 Å². The van der Waals surface area contributed by atoms with Crippen LogP contribution in [0.1, 0.15) is 279 Å². The number of allylic oxidation sites excluding steroid dienone is 2. The number of carbonyl (C=O) groups excluding carboxylic acids is 4. The molecule has 15 rings (SSSR count). The van der Waals surface area contributed by atoms with Crippen LogP contribution in [0.15, 0.2) is 145 Å². The van der Waals surface area contributed by atoms with Gasteiger partial charge >= 0.3 is 0 Å². The van der Waals surface area contributed by atoms with E-state index in [1.165, 1.54) is 247 Å². The predicted molar refractivity (Wildman–Crippen MR) is 497 cm³/mol. The molecule has 0 amide bonds. The van der Waals surface area contributed by atoms with E-state index in [1.807, 2.05) is 127 Å². The third-order valence-electron chi connectivity index (χ3n) is 22.3. The van der Waals surface area contributed by atoms with Crippen molar-refractivity contribution < 1.29 is 19.2 Å². The second kappa shape index (κ2) is 38.0. The van der Waals surface area contributed by atoms with Gasteiger partial charge in [0.25, 0.3) is 0 Å². The lowest BCUT2D eigenvalue weighted by Crippen LogP contribution is -2.00. The van der Waals surface area contributed by atoms with E-state index in [0.29, 0.717) is 22.3 Å². The van der Waals surface area contributed by atoms with Crippen molar-refractivity contribution >= 4 is 169 Å². The van der Waals surface area contributed by atoms with E-state index < -0.39 is 0 Å². The van der Waals surface area contributed by atoms with Crippen molar-refractivity contribution in [3.63, 3.8) is 0 Å². The van der Waals surface area contributed by atoms with Gasteiger partial charge in [0.05, 0.1) is 11.1 Å². The van der Waals surface area contributed by atoms with E-state index in [9.17, 15) is 19.2 Å². The van der Waals surface area contributed by atoms with Crippen molar-refractivity contribution in [3.8, 4) is 79.4 Å². The molecule has 2 aliphatic rings. The number of unbranched alkanes of at least 4 members (excludes halogenated alkanes) is 18. The summed E-state index contributed by atoms with van der Waals surface area (Å²) in [4.78, 5) is 78.6. The van der Waals surface area contributed by atoms with Crippen LogP contribution in [0.4, 0.5) is 0 Å². The normalized spacial score (nSPS) is 12.9. The minimum Gasteiger partial charge on any atom is -0.288 e. The van der Waals surface area contributed by atoms with Gasteiger partial charge in [0, 0.05) is 141 Å². The fourth-order valence-electron chi connectivity index (χ4n) is 16.1. The second-order valence-corrected chi connectivity index (χ2v) is 41.5. The predicted octanol–water partition coefficient (Wildman–Crippen LogP) is 33.6. The molecule has 0 unspecified atom stereocenters. The summed E-state index contributed by atoms with van der Waals surface area (Å²) in [7, 11) is 0. The molecule has 0 saturated carbocycles. The largest absolute Gasteiger partial charge is 0.288 e. The number of benzene rings is 3. The molecule has 0 bridgehead atoms. The quantitative estimate of drug-likeness (QED) is 0.0218. The zero-order chi connectivity index (χ0) is 77.2. The number of Topliss-reactive ketones (excluding diaryl/α,β-unsaturated/α-hetero) is 4. The van der Waals surface area contributed by atoms with Crippen LogP contribution in [0, 0.1) is 0 Å². The fourth-order valence-corrected chi connectivity index (χ4v) is 28.3. The Bertz CT molecular complexity index is 5110. The Hall–Kier alpha value is -6.66. The molecular weight excluding hydrogens is 1560 g/mol. The molecule has 0 fully saturated rings. The van der Waals surface area contributed by atoms with Gasteiger partial charge in [-0.25, -0.2) is 0 Å². The van der Waals surface area contributed by atoms with E-state index in [0.717, 1.165) is 86.8 Å². The van der Waals surface area contributed by atoms with Crippen molar-refractivity contribution in [2.45, 2.75) is 234 Å². The summed E-state index contributed by atoms with van der Waals surface area (Å²) in [5.41, 5.74) is 10.7. The maximum atomic E-state index is 13.8. The molecule has 14 heteroatoms. The number of hydrogen-bond donors (Lipinski definition) is 0. The molecular formula is C98H102O4S10. The van der Waals surface area contributed by atoms with Crippen molar-refractivity contribution in [1.82, 2.24) is 0 Å². The molecule has 4 nitrogen and oxygen atoms in total. The average Bonchev–Trinajstić information content (AvgIpc) is 1.55. The second-order valence-electron chi connectivity index (χ2n) is 30.6. The Labute approximate surface area is 703 Å². The minimum atomic E-state index is -0.167. The number of aryl methyl sites for hydroxylation is 6. The number of ketones is 4. The third kappa shape index (κ3) is 17.7. The van der Waals surface area contributed by atoms with E-state index in [-0.39, 0.29) is 34.3 Å². The Balaban J connectivity index is 0.844. The highest BCUT2D eigenvalue weighted by Crippen LogP contribution is 2.58. The molecule has 0 aliphatic heterocycles. The van der Waals surface area contributed by atoms with Crippen molar-refractivity contribution in [2.24, 2.45) is 0 Å². The SMILES string of the molecule is CCCCCCc1ccc(-c2c3cc(-c4sc(-c5ccc(-c6cc(CCCCCC)c(C=C7C(=O)c8ccccc8C7=O)s6)s5)cc4CCCCCC)sc3c(-c3ccc(CCCCCC)s3)c3cc(-c4sc(-c5ccc(-c6cc(CCCCCC)c(C=C7C(=O)c8ccccc8C7=O)s6)s5)cc4CCCCCC)sc23)s1. The van der Waals surface area contributed by atoms with Gasteiger partial charge in [0.2, 0.25) is 0 Å². The molecule has 0 N–H and O–H groups in total. The standard InChI is InChI=1S/C98H102O4S10/c1-7-13-19-25-35-61-53-83(107-81(61)59-73-91(99)67-41-31-32-42-68(67)92(73)100)75-49-51-77(105-75)85-55-63(37-27-21-15-9-3)95(109-85)87-57-71-89(79-47-45-65(103-79)39-29-23-17-11-5)98-72(90(97(71)111-87)80-48-46-66(104-80)40-30-24-18-12-6)58-88(112-98)96-64(38-28-22-16-10-4)56-86(110-96)78-52-50-76(106-78)84-54-62(36-26-20-14-8-2)82(108-84)60-74-93(101)69-43-33-34-44-70(69)94(74)102/h31-34,41-60H,7-30,35-40H2,1-6H3. The monoisotopic (exact) mass is 1660 g/mol. The van der Waals surface area contributed by atoms with Crippen LogP contribution in [0.2, 0.25) is 0 Å². The summed E-state index contributed by atoms with van der Waals surface area (Å²) in [6, 6.07) is 48.8. The lowest BCUT2D eigenvalue weighted by Gasteiger charge is -2.09. The molecule has 0 saturated heterocycles. The van der Waals surface area contributed by atoms with Crippen molar-refractivity contribution in [2.75, 3.05) is 0 Å². The summed E-state index contributed by atoms with van der Waals surface area (Å²) >= 11 is 19.3. The van der Waals surface area contributed by atoms with E-state index in [4.69, 9.17) is 0 Å². The van der Waals surface area contributed by atoms with Crippen molar-refractivity contribution in [3.05, 3.63) is 209 Å². The highest BCUT2D eigenvalue weighted by molar-refractivity contribution is 7.32. The van der Waals surface area contributed by atoms with Gasteiger partial charge in [-0.2, -0.15) is 0 Å². The van der Waals surface area contributed by atoms with Gasteiger partial charge in [-0.05, 0) is 196 Å². The first-order chi connectivity index (χ1) is 54.9. The Morgan fingerprint density at radius 3 is 0.875 bits per heavy atom. The summed E-state index contributed by atoms with van der Waals surface area (Å²) in [5, 5.41) is 2.75. The maximum Gasteiger partial charge on any atom is 0.197 e. The van der Waals surface area contributed by atoms with Crippen molar-refractivity contribution in [1.29, 1.82) is 0 Å². The van der Waals surface area contributed by atoms with Crippen LogP contribution in [0.5, 0.6) is 0 Å². The molecule has 10 aromatic heterocycles. The average molecular weight is 1660 g/mol. The number of fused-ring (bicyclic) bond motifs is 4. The third-order valence-corrected chi connectivity index (χ3v) is 34.9. The van der Waals surface area contributed by atoms with Crippen LogP contribution in [0.25, 0.3) is 112 Å². The molecule has 0 spiro atoms. The Kier molecular flexibility index (Phi) is 27.3. The van der Waals surface area contributed by atoms with Crippen LogP contribution < -0.4 is 0 Å². The highest BCUT2D eigenvalue weighted by Gasteiger charge is 2.35. The fraction of sp³-hybridized carbons (Fsp3) is 0.367. The zero-order valence-corrected chi connectivity index (χ0v) is 74.0. The molecule has 578 valence electrons. The van der Waals surface area contributed by atoms with E-state index in [2.05, 4.69) is 126 Å².